The monoisotopic (exact) mass is 319 g/mol. The van der Waals surface area contributed by atoms with Crippen molar-refractivity contribution in [1.82, 2.24) is 9.80 Å². The molecule has 1 aromatic carbocycles. The highest BCUT2D eigenvalue weighted by Gasteiger charge is 2.20. The smallest absolute Gasteiger partial charge is 0.143 e. The molecule has 2 heterocycles. The molecule has 0 amide bonds. The molecule has 2 aliphatic heterocycles. The predicted molar refractivity (Wildman–Crippen MR) is 93.3 cm³/mol. The van der Waals surface area contributed by atoms with E-state index in [0.29, 0.717) is 0 Å². The van der Waals surface area contributed by atoms with Crippen LogP contribution in [0.2, 0.25) is 0 Å². The largest absolute Gasteiger partial charge is 0.490 e. The second kappa shape index (κ2) is 7.51. The van der Waals surface area contributed by atoms with Crippen molar-refractivity contribution in [2.75, 3.05) is 64.4 Å². The zero-order valence-electron chi connectivity index (χ0n) is 14.4. The van der Waals surface area contributed by atoms with E-state index >= 15 is 0 Å². The number of nitrogens with zero attached hydrogens (tertiary/aromatic N) is 3. The summed E-state index contributed by atoms with van der Waals surface area (Å²) >= 11 is 0. The summed E-state index contributed by atoms with van der Waals surface area (Å²) in [6.07, 6.45) is 0.362. The summed E-state index contributed by atoms with van der Waals surface area (Å²) in [4.78, 5) is 7.11. The molecule has 0 spiro atoms. The Hall–Kier alpha value is -1.30. The van der Waals surface area contributed by atoms with E-state index in [9.17, 15) is 5.11 Å². The molecular formula is C18H29N3O2. The summed E-state index contributed by atoms with van der Waals surface area (Å²) in [6.45, 7) is 10.2. The van der Waals surface area contributed by atoms with Crippen molar-refractivity contribution < 1.29 is 9.84 Å². The Labute approximate surface area is 139 Å². The fraction of sp³-hybridized carbons (Fsp3) is 0.667. The molecule has 1 N–H and O–H groups in total. The Kier molecular flexibility index (Phi) is 5.41. The van der Waals surface area contributed by atoms with E-state index in [2.05, 4.69) is 34.7 Å². The Morgan fingerprint density at radius 3 is 2.70 bits per heavy atom. The topological polar surface area (TPSA) is 39.2 Å². The molecular weight excluding hydrogens is 290 g/mol. The van der Waals surface area contributed by atoms with Gasteiger partial charge >= 0.3 is 0 Å². The van der Waals surface area contributed by atoms with Gasteiger partial charge in [0, 0.05) is 39.3 Å². The highest BCUT2D eigenvalue weighted by Crippen LogP contribution is 2.34. The van der Waals surface area contributed by atoms with Crippen LogP contribution in [0.1, 0.15) is 25.0 Å². The molecule has 2 aliphatic rings. The van der Waals surface area contributed by atoms with Crippen molar-refractivity contribution in [2.45, 2.75) is 19.4 Å². The highest BCUT2D eigenvalue weighted by atomic mass is 16.5. The van der Waals surface area contributed by atoms with Crippen LogP contribution in [0.25, 0.3) is 0 Å². The lowest BCUT2D eigenvalue weighted by Gasteiger charge is -2.33. The summed E-state index contributed by atoms with van der Waals surface area (Å²) in [5.74, 6) is 0.911. The first kappa shape index (κ1) is 16.6. The summed E-state index contributed by atoms with van der Waals surface area (Å²) in [5, 5.41) is 10.5. The first-order chi connectivity index (χ1) is 11.2. The van der Waals surface area contributed by atoms with Crippen LogP contribution >= 0.6 is 0 Å². The maximum atomic E-state index is 10.5. The van der Waals surface area contributed by atoms with Gasteiger partial charge in [-0.3, -0.25) is 0 Å². The Balaban J connectivity index is 1.58. The molecule has 5 heteroatoms. The zero-order chi connectivity index (χ0) is 16.2. The van der Waals surface area contributed by atoms with Crippen molar-refractivity contribution in [3.63, 3.8) is 0 Å². The molecule has 5 nitrogen and oxygen atoms in total. The van der Waals surface area contributed by atoms with Gasteiger partial charge in [0.1, 0.15) is 12.4 Å². The summed E-state index contributed by atoms with van der Waals surface area (Å²) < 4.78 is 5.78. The van der Waals surface area contributed by atoms with Crippen molar-refractivity contribution in [1.29, 1.82) is 0 Å². The fourth-order valence-corrected chi connectivity index (χ4v) is 3.37. The van der Waals surface area contributed by atoms with E-state index in [1.807, 2.05) is 12.1 Å². The summed E-state index contributed by atoms with van der Waals surface area (Å²) in [7, 11) is 2.17. The van der Waals surface area contributed by atoms with Crippen LogP contribution in [0.3, 0.4) is 0 Å². The van der Waals surface area contributed by atoms with E-state index in [-0.39, 0.29) is 0 Å². The molecule has 0 bridgehead atoms. The number of hydrogen-bond donors (Lipinski definition) is 1. The van der Waals surface area contributed by atoms with Crippen LogP contribution in [0.5, 0.6) is 5.75 Å². The van der Waals surface area contributed by atoms with Gasteiger partial charge in [0.25, 0.3) is 0 Å². The number of hydrogen-bond acceptors (Lipinski definition) is 5. The number of anilines is 1. The normalized spacial score (nSPS) is 20.9. The third kappa shape index (κ3) is 3.97. The minimum Gasteiger partial charge on any atom is -0.490 e. The third-order valence-electron chi connectivity index (χ3n) is 5.02. The molecule has 1 aromatic rings. The van der Waals surface area contributed by atoms with Crippen molar-refractivity contribution in [3.05, 3.63) is 23.8 Å². The van der Waals surface area contributed by atoms with Gasteiger partial charge in [0.15, 0.2) is 0 Å². The van der Waals surface area contributed by atoms with Crippen LogP contribution in [0, 0.1) is 0 Å². The maximum absolute atomic E-state index is 10.5. The van der Waals surface area contributed by atoms with Crippen molar-refractivity contribution in [2.24, 2.45) is 0 Å². The van der Waals surface area contributed by atoms with Crippen molar-refractivity contribution in [3.8, 4) is 5.75 Å². The first-order valence-corrected chi connectivity index (χ1v) is 8.78. The maximum Gasteiger partial charge on any atom is 0.143 e. The van der Waals surface area contributed by atoms with E-state index < -0.39 is 6.10 Å². The highest BCUT2D eigenvalue weighted by molar-refractivity contribution is 5.61. The lowest BCUT2D eigenvalue weighted by molar-refractivity contribution is 0.112. The van der Waals surface area contributed by atoms with Gasteiger partial charge in [-0.15, -0.1) is 0 Å². The Morgan fingerprint density at radius 1 is 1.17 bits per heavy atom. The molecule has 0 radical (unpaired) electrons. The van der Waals surface area contributed by atoms with Gasteiger partial charge in [-0.05, 0) is 38.1 Å². The number of aliphatic hydroxyl groups excluding tert-OH is 1. The number of benzene rings is 1. The Bertz CT molecular complexity index is 515. The average Bonchev–Trinajstić information content (AvgIpc) is 2.60. The lowest BCUT2D eigenvalue weighted by atomic mass is 10.0. The second-order valence-corrected chi connectivity index (χ2v) is 6.60. The van der Waals surface area contributed by atoms with Gasteiger partial charge in [-0.1, -0.05) is 6.07 Å². The molecule has 23 heavy (non-hydrogen) atoms. The SMILES string of the molecule is CCN1CCOc2cc(C(O)CCN3CCN(C)CC3)ccc21. The molecule has 1 unspecified atom stereocenters. The van der Waals surface area contributed by atoms with Crippen LogP contribution in [-0.2, 0) is 0 Å². The van der Waals surface area contributed by atoms with E-state index in [1.165, 1.54) is 0 Å². The van der Waals surface area contributed by atoms with Crippen LogP contribution in [0.15, 0.2) is 18.2 Å². The molecule has 0 saturated carbocycles. The van der Waals surface area contributed by atoms with E-state index in [4.69, 9.17) is 4.74 Å². The van der Waals surface area contributed by atoms with Gasteiger partial charge < -0.3 is 24.5 Å². The number of likely N-dealkylation sites (N-methyl/N-ethyl adjacent to an activating group) is 2. The van der Waals surface area contributed by atoms with Crippen molar-refractivity contribution >= 4 is 5.69 Å². The fourth-order valence-electron chi connectivity index (χ4n) is 3.37. The van der Waals surface area contributed by atoms with E-state index in [1.54, 1.807) is 0 Å². The second-order valence-electron chi connectivity index (χ2n) is 6.60. The van der Waals surface area contributed by atoms with Gasteiger partial charge in [-0.25, -0.2) is 0 Å². The molecule has 1 fully saturated rings. The average molecular weight is 319 g/mol. The van der Waals surface area contributed by atoms with Gasteiger partial charge in [0.05, 0.1) is 18.3 Å². The predicted octanol–water partition coefficient (Wildman–Crippen LogP) is 1.58. The molecule has 1 saturated heterocycles. The molecule has 0 aromatic heterocycles. The first-order valence-electron chi connectivity index (χ1n) is 8.78. The minimum absolute atomic E-state index is 0.416. The molecule has 1 atom stereocenters. The van der Waals surface area contributed by atoms with Crippen LogP contribution in [-0.4, -0.2) is 74.4 Å². The number of fused-ring (bicyclic) bond motifs is 1. The summed E-state index contributed by atoms with van der Waals surface area (Å²) in [6, 6.07) is 6.16. The Morgan fingerprint density at radius 2 is 1.96 bits per heavy atom. The van der Waals surface area contributed by atoms with Gasteiger partial charge in [0.2, 0.25) is 0 Å². The molecule has 128 valence electrons. The minimum atomic E-state index is -0.416. The van der Waals surface area contributed by atoms with Crippen LogP contribution < -0.4 is 9.64 Å². The summed E-state index contributed by atoms with van der Waals surface area (Å²) in [5.41, 5.74) is 2.12. The zero-order valence-corrected chi connectivity index (χ0v) is 14.4. The number of aliphatic hydroxyl groups is 1. The number of ether oxygens (including phenoxy) is 1. The van der Waals surface area contributed by atoms with E-state index in [0.717, 1.165) is 75.8 Å². The standard InChI is InChI=1S/C18H29N3O2/c1-3-21-12-13-23-18-14-15(4-5-16(18)21)17(22)6-7-20-10-8-19(2)9-11-20/h4-5,14,17,22H,3,6-13H2,1-2H3. The lowest BCUT2D eigenvalue weighted by Crippen LogP contribution is -2.44. The molecule has 0 aliphatic carbocycles. The quantitative estimate of drug-likeness (QED) is 0.892. The van der Waals surface area contributed by atoms with Crippen LogP contribution in [0.4, 0.5) is 5.69 Å². The molecule has 3 rings (SSSR count). The third-order valence-corrected chi connectivity index (χ3v) is 5.02. The number of piperazine rings is 1. The van der Waals surface area contributed by atoms with Gasteiger partial charge in [-0.2, -0.15) is 0 Å². The number of rotatable bonds is 5.